The highest BCUT2D eigenvalue weighted by Gasteiger charge is 2.05. The average molecular weight is 308 g/mol. The van der Waals surface area contributed by atoms with Crippen LogP contribution >= 0.6 is 0 Å². The lowest BCUT2D eigenvalue weighted by atomic mass is 10.3. The van der Waals surface area contributed by atoms with Gasteiger partial charge in [-0.1, -0.05) is 24.3 Å². The molecule has 0 aliphatic heterocycles. The fourth-order valence-corrected chi connectivity index (χ4v) is 1.97. The molecule has 3 rings (SSSR count). The molecule has 0 atom stereocenters. The van der Waals surface area contributed by atoms with Gasteiger partial charge in [-0.3, -0.25) is 10.1 Å². The van der Waals surface area contributed by atoms with Crippen molar-refractivity contribution in [2.24, 2.45) is 0 Å². The maximum absolute atomic E-state index is 10.7. The minimum Gasteiger partial charge on any atom is -0.361 e. The fourth-order valence-electron chi connectivity index (χ4n) is 1.97. The number of nitro benzene ring substituents is 1. The summed E-state index contributed by atoms with van der Waals surface area (Å²) in [5.74, 6) is 0.536. The number of hydrogen-bond acceptors (Lipinski definition) is 6. The van der Waals surface area contributed by atoms with Gasteiger partial charge in [-0.2, -0.15) is 4.68 Å². The van der Waals surface area contributed by atoms with Crippen molar-refractivity contribution >= 4 is 17.5 Å². The van der Waals surface area contributed by atoms with Crippen LogP contribution in [0.4, 0.5) is 11.4 Å². The third-order valence-corrected chi connectivity index (χ3v) is 3.03. The van der Waals surface area contributed by atoms with Crippen LogP contribution in [0.3, 0.4) is 0 Å². The molecule has 0 radical (unpaired) electrons. The molecule has 0 aliphatic carbocycles. The number of nitro groups is 1. The van der Waals surface area contributed by atoms with Gasteiger partial charge in [0.05, 0.1) is 10.6 Å². The minimum atomic E-state index is -0.440. The molecule has 0 spiro atoms. The number of anilines is 1. The smallest absolute Gasteiger partial charge is 0.271 e. The van der Waals surface area contributed by atoms with Crippen molar-refractivity contribution < 1.29 is 4.92 Å². The Balaban J connectivity index is 1.76. The third kappa shape index (κ3) is 3.38. The molecule has 0 saturated heterocycles. The number of non-ortho nitro benzene ring substituents is 1. The highest BCUT2D eigenvalue weighted by molar-refractivity contribution is 5.56. The summed E-state index contributed by atoms with van der Waals surface area (Å²) in [6, 6.07) is 15.7. The second-order valence-electron chi connectivity index (χ2n) is 4.57. The van der Waals surface area contributed by atoms with E-state index in [1.165, 1.54) is 12.1 Å². The molecular formula is C15H12N6O2. The van der Waals surface area contributed by atoms with E-state index in [1.807, 2.05) is 30.3 Å². The van der Waals surface area contributed by atoms with Gasteiger partial charge in [0.15, 0.2) is 5.82 Å². The second kappa shape index (κ2) is 6.48. The van der Waals surface area contributed by atoms with Gasteiger partial charge >= 0.3 is 0 Å². The molecule has 1 heterocycles. The summed E-state index contributed by atoms with van der Waals surface area (Å²) >= 11 is 0. The molecule has 8 nitrogen and oxygen atoms in total. The molecule has 0 aliphatic rings. The van der Waals surface area contributed by atoms with E-state index in [9.17, 15) is 10.1 Å². The summed E-state index contributed by atoms with van der Waals surface area (Å²) in [6.45, 7) is 0. The van der Waals surface area contributed by atoms with Crippen molar-refractivity contribution in [2.45, 2.75) is 0 Å². The van der Waals surface area contributed by atoms with E-state index in [-0.39, 0.29) is 5.69 Å². The van der Waals surface area contributed by atoms with Gasteiger partial charge in [0.1, 0.15) is 0 Å². The number of rotatable bonds is 5. The molecule has 1 N–H and O–H groups in total. The van der Waals surface area contributed by atoms with Crippen molar-refractivity contribution in [2.75, 3.05) is 5.32 Å². The lowest BCUT2D eigenvalue weighted by Crippen LogP contribution is -1.99. The van der Waals surface area contributed by atoms with Gasteiger partial charge in [0.2, 0.25) is 0 Å². The second-order valence-corrected chi connectivity index (χ2v) is 4.57. The molecule has 114 valence electrons. The van der Waals surface area contributed by atoms with Crippen LogP contribution in [0.1, 0.15) is 5.82 Å². The summed E-state index contributed by atoms with van der Waals surface area (Å²) < 4.78 is 1.59. The van der Waals surface area contributed by atoms with Crippen molar-refractivity contribution in [1.29, 1.82) is 0 Å². The Morgan fingerprint density at radius 3 is 2.74 bits per heavy atom. The summed E-state index contributed by atoms with van der Waals surface area (Å²) in [5, 5.41) is 25.2. The van der Waals surface area contributed by atoms with Crippen LogP contribution in [0.5, 0.6) is 0 Å². The van der Waals surface area contributed by atoms with Crippen LogP contribution in [0, 0.1) is 10.1 Å². The van der Waals surface area contributed by atoms with Gasteiger partial charge < -0.3 is 5.32 Å². The molecule has 23 heavy (non-hydrogen) atoms. The molecule has 8 heteroatoms. The zero-order valence-corrected chi connectivity index (χ0v) is 11.9. The summed E-state index contributed by atoms with van der Waals surface area (Å²) in [7, 11) is 0. The van der Waals surface area contributed by atoms with Crippen molar-refractivity contribution in [3.63, 3.8) is 0 Å². The third-order valence-electron chi connectivity index (χ3n) is 3.03. The van der Waals surface area contributed by atoms with Gasteiger partial charge in [-0.05, 0) is 28.6 Å². The lowest BCUT2D eigenvalue weighted by molar-refractivity contribution is -0.384. The first-order valence-electron chi connectivity index (χ1n) is 6.75. The van der Waals surface area contributed by atoms with Crippen LogP contribution in [0.25, 0.3) is 11.8 Å². The average Bonchev–Trinajstić information content (AvgIpc) is 3.04. The zero-order chi connectivity index (χ0) is 16.1. The summed E-state index contributed by atoms with van der Waals surface area (Å²) in [6.07, 6.45) is 3.32. The van der Waals surface area contributed by atoms with E-state index in [0.717, 1.165) is 5.69 Å². The van der Waals surface area contributed by atoms with Crippen LogP contribution in [-0.4, -0.2) is 25.1 Å². The van der Waals surface area contributed by atoms with Gasteiger partial charge in [0, 0.05) is 30.1 Å². The van der Waals surface area contributed by atoms with E-state index in [2.05, 4.69) is 20.8 Å². The van der Waals surface area contributed by atoms with Crippen LogP contribution in [-0.2, 0) is 0 Å². The first kappa shape index (κ1) is 14.4. The Kier molecular flexibility index (Phi) is 4.05. The quantitative estimate of drug-likeness (QED) is 0.574. The molecule has 0 unspecified atom stereocenters. The number of nitrogens with zero attached hydrogens (tertiary/aromatic N) is 5. The van der Waals surface area contributed by atoms with Crippen molar-refractivity contribution in [3.8, 4) is 5.69 Å². The van der Waals surface area contributed by atoms with Gasteiger partial charge in [0.25, 0.3) is 5.69 Å². The molecule has 0 amide bonds. The highest BCUT2D eigenvalue weighted by Crippen LogP contribution is 2.17. The Hall–Kier alpha value is -3.55. The topological polar surface area (TPSA) is 98.8 Å². The number of para-hydroxylation sites is 1. The van der Waals surface area contributed by atoms with Crippen molar-refractivity contribution in [1.82, 2.24) is 20.2 Å². The normalized spacial score (nSPS) is 10.8. The van der Waals surface area contributed by atoms with Crippen LogP contribution in [0.2, 0.25) is 0 Å². The predicted molar refractivity (Wildman–Crippen MR) is 84.9 cm³/mol. The molecule has 0 saturated carbocycles. The number of aromatic nitrogens is 4. The van der Waals surface area contributed by atoms with Crippen LogP contribution < -0.4 is 5.32 Å². The maximum atomic E-state index is 10.7. The van der Waals surface area contributed by atoms with Crippen LogP contribution in [0.15, 0.2) is 60.8 Å². The Morgan fingerprint density at radius 1 is 1.13 bits per heavy atom. The Bertz CT molecular complexity index is 844. The van der Waals surface area contributed by atoms with E-state index < -0.39 is 4.92 Å². The molecule has 1 aromatic heterocycles. The largest absolute Gasteiger partial charge is 0.361 e. The summed E-state index contributed by atoms with van der Waals surface area (Å²) in [4.78, 5) is 10.3. The summed E-state index contributed by atoms with van der Waals surface area (Å²) in [5.41, 5.74) is 1.47. The molecule has 2 aromatic carbocycles. The van der Waals surface area contributed by atoms with Gasteiger partial charge in [-0.15, -0.1) is 5.10 Å². The van der Waals surface area contributed by atoms with Crippen molar-refractivity contribution in [3.05, 3.63) is 76.7 Å². The van der Waals surface area contributed by atoms with E-state index in [0.29, 0.717) is 11.5 Å². The SMILES string of the molecule is O=[N+]([O-])c1cccc(NC=Cc2nnnn2-c2ccccc2)c1. The fraction of sp³-hybridized carbons (Fsp3) is 0. The van der Waals surface area contributed by atoms with E-state index in [4.69, 9.17) is 0 Å². The minimum absolute atomic E-state index is 0.0255. The predicted octanol–water partition coefficient (Wildman–Crippen LogP) is 2.65. The molecule has 0 fully saturated rings. The van der Waals surface area contributed by atoms with E-state index >= 15 is 0 Å². The molecule has 0 bridgehead atoms. The molecular weight excluding hydrogens is 296 g/mol. The monoisotopic (exact) mass is 308 g/mol. The van der Waals surface area contributed by atoms with Gasteiger partial charge in [-0.25, -0.2) is 0 Å². The van der Waals surface area contributed by atoms with E-state index in [1.54, 1.807) is 29.1 Å². The lowest BCUT2D eigenvalue weighted by Gasteiger charge is -2.02. The number of tetrazole rings is 1. The number of benzene rings is 2. The zero-order valence-electron chi connectivity index (χ0n) is 11.9. The highest BCUT2D eigenvalue weighted by atomic mass is 16.6. The first-order valence-corrected chi connectivity index (χ1v) is 6.75. The number of nitrogens with one attached hydrogen (secondary N) is 1. The molecule has 3 aromatic rings. The Labute approximate surface area is 131 Å². The number of hydrogen-bond donors (Lipinski definition) is 1. The maximum Gasteiger partial charge on any atom is 0.271 e. The Morgan fingerprint density at radius 2 is 1.96 bits per heavy atom. The first-order chi connectivity index (χ1) is 11.2. The standard InChI is InChI=1S/C15H12N6O2/c22-21(23)14-8-4-5-12(11-14)16-10-9-15-17-18-19-20(15)13-6-2-1-3-7-13/h1-11,16H.